The Morgan fingerprint density at radius 3 is 1.90 bits per heavy atom. The number of aryl methyl sites for hydroxylation is 2. The minimum atomic E-state index is -0.161. The van der Waals surface area contributed by atoms with Gasteiger partial charge in [-0.1, -0.05) is 111 Å². The summed E-state index contributed by atoms with van der Waals surface area (Å²) in [5.41, 5.74) is 15.1. The van der Waals surface area contributed by atoms with Gasteiger partial charge >= 0.3 is 0 Å². The van der Waals surface area contributed by atoms with Gasteiger partial charge in [-0.15, -0.1) is 22.7 Å². The molecular weight excluding hydrogens is 621 g/mol. The zero-order valence-corrected chi connectivity index (χ0v) is 29.8. The molecule has 0 amide bonds. The first-order valence-electron chi connectivity index (χ1n) is 16.7. The van der Waals surface area contributed by atoms with E-state index in [2.05, 4.69) is 151 Å². The highest BCUT2D eigenvalue weighted by atomic mass is 32.2. The zero-order chi connectivity index (χ0) is 32.9. The van der Waals surface area contributed by atoms with Gasteiger partial charge < -0.3 is 4.74 Å². The lowest BCUT2D eigenvalue weighted by molar-refractivity contribution is 0.419. The second-order valence-corrected chi connectivity index (χ2v) is 16.1. The summed E-state index contributed by atoms with van der Waals surface area (Å²) in [7, 11) is 0. The fourth-order valence-electron chi connectivity index (χ4n) is 8.25. The maximum atomic E-state index is 6.76. The third kappa shape index (κ3) is 4.14. The Bertz CT molecular complexity index is 2610. The van der Waals surface area contributed by atoms with E-state index >= 15 is 0 Å². The highest BCUT2D eigenvalue weighted by Crippen LogP contribution is 2.53. The molecule has 3 heteroatoms. The molecule has 0 saturated carbocycles. The first-order chi connectivity index (χ1) is 23.2. The first kappa shape index (κ1) is 29.4. The van der Waals surface area contributed by atoms with Gasteiger partial charge in [0.15, 0.2) is 0 Å². The quantitative estimate of drug-likeness (QED) is 0.184. The second kappa shape index (κ2) is 10.7. The van der Waals surface area contributed by atoms with Crippen molar-refractivity contribution in [2.45, 2.75) is 47.0 Å². The van der Waals surface area contributed by atoms with Crippen LogP contribution in [0.2, 0.25) is 0 Å². The smallest absolute Gasteiger partial charge is 0.139 e. The summed E-state index contributed by atoms with van der Waals surface area (Å²) < 4.78 is 10.9. The molecule has 0 atom stereocenters. The maximum Gasteiger partial charge on any atom is 0.139 e. The minimum Gasteiger partial charge on any atom is -0.456 e. The number of fused-ring (bicyclic) bond motifs is 7. The van der Waals surface area contributed by atoms with E-state index in [0.717, 1.165) is 17.1 Å². The van der Waals surface area contributed by atoms with E-state index in [4.69, 9.17) is 4.74 Å². The number of hydrogen-bond acceptors (Lipinski definition) is 3. The van der Waals surface area contributed by atoms with E-state index in [1.54, 1.807) is 0 Å². The molecule has 3 heterocycles. The van der Waals surface area contributed by atoms with Crippen LogP contribution in [0, 0.1) is 27.7 Å². The summed E-state index contributed by atoms with van der Waals surface area (Å²) in [5, 5.41) is 4.13. The molecule has 1 aliphatic rings. The molecule has 0 fully saturated rings. The molecule has 0 aliphatic carbocycles. The van der Waals surface area contributed by atoms with E-state index in [9.17, 15) is 0 Å². The summed E-state index contributed by atoms with van der Waals surface area (Å²) in [6.45, 7) is 13.7. The standard InChI is InChI=1S/C45H36OS2/c1-25-21-23-29(27(3)39(25)32-14-12-18-36-42(32)46-37-19-9-8-17-35(37)45(36,5)6)30-24-22-26(2)40(28(30)4)33-15-11-16-34-41-31-13-7-10-20-38(31)47-44(41)48-43(33)34/h7-24H,1-6H3. The Balaban J connectivity index is 1.23. The largest absolute Gasteiger partial charge is 0.456 e. The molecule has 8 aromatic rings. The van der Waals surface area contributed by atoms with Crippen molar-refractivity contribution >= 4 is 52.2 Å². The zero-order valence-electron chi connectivity index (χ0n) is 28.1. The molecule has 1 aliphatic heterocycles. The third-order valence-corrected chi connectivity index (χ3v) is 13.2. The summed E-state index contributed by atoms with van der Waals surface area (Å²) in [4.78, 5) is 0. The van der Waals surface area contributed by atoms with Crippen molar-refractivity contribution in [2.24, 2.45) is 0 Å². The van der Waals surface area contributed by atoms with Crippen LogP contribution in [0.15, 0.2) is 109 Å². The van der Waals surface area contributed by atoms with Crippen LogP contribution in [-0.4, -0.2) is 0 Å². The number of hydrogen-bond donors (Lipinski definition) is 0. The van der Waals surface area contributed by atoms with E-state index in [1.807, 2.05) is 22.7 Å². The van der Waals surface area contributed by atoms with Gasteiger partial charge in [0.1, 0.15) is 11.5 Å². The molecule has 0 spiro atoms. The van der Waals surface area contributed by atoms with Gasteiger partial charge in [-0.2, -0.15) is 0 Å². The third-order valence-electron chi connectivity index (χ3n) is 10.7. The summed E-state index contributed by atoms with van der Waals surface area (Å²) in [5.74, 6) is 1.92. The highest BCUT2D eigenvalue weighted by Gasteiger charge is 2.35. The minimum absolute atomic E-state index is 0.161. The topological polar surface area (TPSA) is 9.23 Å². The summed E-state index contributed by atoms with van der Waals surface area (Å²) in [6.07, 6.45) is 0. The lowest BCUT2D eigenvalue weighted by atomic mass is 9.74. The molecule has 0 saturated heterocycles. The Morgan fingerprint density at radius 1 is 0.521 bits per heavy atom. The normalized spacial score (nSPS) is 13.5. The van der Waals surface area contributed by atoms with E-state index in [0.29, 0.717) is 0 Å². The Hall–Kier alpha value is -4.70. The lowest BCUT2D eigenvalue weighted by Gasteiger charge is -2.35. The number of thiophene rings is 2. The average molecular weight is 657 g/mol. The molecule has 0 radical (unpaired) electrons. The van der Waals surface area contributed by atoms with Crippen LogP contribution < -0.4 is 4.74 Å². The Labute approximate surface area is 290 Å². The number of benzene rings is 6. The summed E-state index contributed by atoms with van der Waals surface area (Å²) in [6, 6.07) is 40.1. The molecule has 0 N–H and O–H groups in total. The van der Waals surface area contributed by atoms with E-state index in [1.165, 1.54) is 90.8 Å². The molecule has 0 bridgehead atoms. The van der Waals surface area contributed by atoms with Crippen LogP contribution in [-0.2, 0) is 5.41 Å². The number of ether oxygens (including phenoxy) is 1. The molecule has 0 unspecified atom stereocenters. The number of para-hydroxylation sites is 2. The van der Waals surface area contributed by atoms with Crippen LogP contribution in [0.25, 0.3) is 63.0 Å². The highest BCUT2D eigenvalue weighted by molar-refractivity contribution is 7.44. The van der Waals surface area contributed by atoms with Crippen LogP contribution in [0.4, 0.5) is 0 Å². The molecular formula is C45H36OS2. The van der Waals surface area contributed by atoms with Gasteiger partial charge in [-0.05, 0) is 84.3 Å². The molecule has 6 aromatic carbocycles. The van der Waals surface area contributed by atoms with Gasteiger partial charge in [0.25, 0.3) is 0 Å². The van der Waals surface area contributed by atoms with Crippen molar-refractivity contribution in [3.63, 3.8) is 0 Å². The molecule has 2 aromatic heterocycles. The van der Waals surface area contributed by atoms with Crippen molar-refractivity contribution in [1.82, 2.24) is 0 Å². The van der Waals surface area contributed by atoms with Crippen LogP contribution >= 0.6 is 22.7 Å². The van der Waals surface area contributed by atoms with Crippen LogP contribution in [0.3, 0.4) is 0 Å². The molecule has 48 heavy (non-hydrogen) atoms. The van der Waals surface area contributed by atoms with Crippen molar-refractivity contribution in [2.75, 3.05) is 0 Å². The lowest BCUT2D eigenvalue weighted by Crippen LogP contribution is -2.24. The first-order valence-corrected chi connectivity index (χ1v) is 18.3. The molecule has 1 nitrogen and oxygen atoms in total. The predicted octanol–water partition coefficient (Wildman–Crippen LogP) is 13.9. The van der Waals surface area contributed by atoms with Gasteiger partial charge in [0.2, 0.25) is 0 Å². The predicted molar refractivity (Wildman–Crippen MR) is 209 cm³/mol. The SMILES string of the molecule is Cc1ccc(-c2ccc(C)c(-c3cccc4c3sc3sc5ccccc5c34)c2C)c(C)c1-c1cccc2c1Oc1ccccc1C2(C)C. The second-order valence-electron chi connectivity index (χ2n) is 13.8. The fourth-order valence-corrected chi connectivity index (χ4v) is 11.0. The van der Waals surface area contributed by atoms with Gasteiger partial charge in [0, 0.05) is 53.2 Å². The molecule has 234 valence electrons. The summed E-state index contributed by atoms with van der Waals surface area (Å²) >= 11 is 3.86. The average Bonchev–Trinajstić information content (AvgIpc) is 3.63. The van der Waals surface area contributed by atoms with Gasteiger partial charge in [-0.25, -0.2) is 0 Å². The van der Waals surface area contributed by atoms with E-state index in [-0.39, 0.29) is 5.41 Å². The fraction of sp³-hybridized carbons (Fsp3) is 0.156. The van der Waals surface area contributed by atoms with Crippen molar-refractivity contribution in [3.8, 4) is 44.9 Å². The van der Waals surface area contributed by atoms with Crippen molar-refractivity contribution in [3.05, 3.63) is 143 Å². The Kier molecular flexibility index (Phi) is 6.53. The number of rotatable bonds is 3. The Morgan fingerprint density at radius 2 is 1.12 bits per heavy atom. The maximum absolute atomic E-state index is 6.76. The van der Waals surface area contributed by atoms with E-state index < -0.39 is 0 Å². The van der Waals surface area contributed by atoms with Crippen LogP contribution in [0.5, 0.6) is 11.5 Å². The van der Waals surface area contributed by atoms with Gasteiger partial charge in [-0.3, -0.25) is 0 Å². The van der Waals surface area contributed by atoms with Crippen LogP contribution in [0.1, 0.15) is 47.2 Å². The monoisotopic (exact) mass is 656 g/mol. The van der Waals surface area contributed by atoms with Crippen molar-refractivity contribution in [1.29, 1.82) is 0 Å². The van der Waals surface area contributed by atoms with Crippen molar-refractivity contribution < 1.29 is 4.74 Å². The molecule has 9 rings (SSSR count). The van der Waals surface area contributed by atoms with Gasteiger partial charge in [0.05, 0.1) is 4.01 Å².